The van der Waals surface area contributed by atoms with E-state index >= 15 is 0 Å². The van der Waals surface area contributed by atoms with E-state index in [-0.39, 0.29) is 30.5 Å². The number of carboxylic acid groups (broad SMARTS) is 1. The molecule has 0 aromatic heterocycles. The number of carbonyl (C=O) groups excluding carboxylic acids is 1. The second kappa shape index (κ2) is 11.5. The van der Waals surface area contributed by atoms with Crippen molar-refractivity contribution in [3.05, 3.63) is 12.2 Å². The van der Waals surface area contributed by atoms with Gasteiger partial charge < -0.3 is 15.3 Å². The lowest BCUT2D eigenvalue weighted by atomic mass is 9.87. The molecule has 0 amide bonds. The Morgan fingerprint density at radius 1 is 1.19 bits per heavy atom. The second-order valence-electron chi connectivity index (χ2n) is 7.94. The van der Waals surface area contributed by atoms with Crippen LogP contribution in [-0.2, 0) is 9.59 Å². The summed E-state index contributed by atoms with van der Waals surface area (Å²) in [5.74, 6) is -1.08. The summed E-state index contributed by atoms with van der Waals surface area (Å²) in [4.78, 5) is 22.7. The lowest BCUT2D eigenvalue weighted by Crippen LogP contribution is -2.23. The Bertz CT molecular complexity index is 469. The first-order valence-electron chi connectivity index (χ1n) is 10.1. The van der Waals surface area contributed by atoms with E-state index in [4.69, 9.17) is 5.11 Å². The summed E-state index contributed by atoms with van der Waals surface area (Å²) in [5.41, 5.74) is -0.901. The van der Waals surface area contributed by atoms with Gasteiger partial charge in [-0.2, -0.15) is 0 Å². The van der Waals surface area contributed by atoms with E-state index in [1.165, 1.54) is 0 Å². The third kappa shape index (κ3) is 8.45. The van der Waals surface area contributed by atoms with E-state index in [1.807, 2.05) is 6.08 Å². The summed E-state index contributed by atoms with van der Waals surface area (Å²) in [6.45, 7) is 3.90. The van der Waals surface area contributed by atoms with Crippen LogP contribution in [0.5, 0.6) is 0 Å². The fraction of sp³-hybridized carbons (Fsp3) is 0.810. The van der Waals surface area contributed by atoms with E-state index in [1.54, 1.807) is 13.0 Å². The van der Waals surface area contributed by atoms with Gasteiger partial charge in [0.1, 0.15) is 5.78 Å². The van der Waals surface area contributed by atoms with Crippen molar-refractivity contribution in [3.63, 3.8) is 0 Å². The molecule has 2 unspecified atom stereocenters. The maximum absolute atomic E-state index is 12.2. The predicted octanol–water partition coefficient (Wildman–Crippen LogP) is 3.87. The molecule has 5 heteroatoms. The lowest BCUT2D eigenvalue weighted by Gasteiger charge is -2.22. The van der Waals surface area contributed by atoms with Crippen molar-refractivity contribution >= 4 is 11.8 Å². The smallest absolute Gasteiger partial charge is 0.303 e. The number of Topliss-reactive ketones (excluding diaryl/α,β-unsaturated/α-hetero) is 1. The number of aliphatic carboxylic acids is 1. The molecule has 1 saturated carbocycles. The fourth-order valence-corrected chi connectivity index (χ4v) is 3.72. The van der Waals surface area contributed by atoms with Gasteiger partial charge in [-0.05, 0) is 26.2 Å². The molecule has 1 aliphatic rings. The SMILES string of the molecule is CCCCCC(C)(O)/C=C/[C@H]1C(O)CC(=O)[C@@H]1CCCCCCC(=O)O. The van der Waals surface area contributed by atoms with Gasteiger partial charge in [-0.25, -0.2) is 0 Å². The van der Waals surface area contributed by atoms with Gasteiger partial charge in [-0.15, -0.1) is 0 Å². The van der Waals surface area contributed by atoms with Crippen molar-refractivity contribution in [2.45, 2.75) is 96.2 Å². The first-order valence-corrected chi connectivity index (χ1v) is 10.1. The number of hydrogen-bond donors (Lipinski definition) is 3. The molecule has 0 radical (unpaired) electrons. The van der Waals surface area contributed by atoms with Crippen LogP contribution in [0.2, 0.25) is 0 Å². The molecule has 0 spiro atoms. The zero-order chi connectivity index (χ0) is 19.6. The van der Waals surface area contributed by atoms with Crippen molar-refractivity contribution in [2.24, 2.45) is 11.8 Å². The fourth-order valence-electron chi connectivity index (χ4n) is 3.72. The second-order valence-corrected chi connectivity index (χ2v) is 7.94. The van der Waals surface area contributed by atoms with Crippen molar-refractivity contribution in [2.75, 3.05) is 0 Å². The molecular formula is C21H36O5. The number of carbonyl (C=O) groups is 2. The quantitative estimate of drug-likeness (QED) is 0.339. The Labute approximate surface area is 157 Å². The summed E-state index contributed by atoms with van der Waals surface area (Å²) in [6, 6.07) is 0. The van der Waals surface area contributed by atoms with E-state index < -0.39 is 17.7 Å². The molecule has 0 saturated heterocycles. The Kier molecular flexibility index (Phi) is 10.1. The van der Waals surface area contributed by atoms with Crippen LogP contribution in [0.25, 0.3) is 0 Å². The topological polar surface area (TPSA) is 94.8 Å². The Morgan fingerprint density at radius 3 is 2.54 bits per heavy atom. The van der Waals surface area contributed by atoms with Crippen LogP contribution < -0.4 is 0 Å². The van der Waals surface area contributed by atoms with E-state index in [9.17, 15) is 19.8 Å². The molecule has 1 fully saturated rings. The first-order chi connectivity index (χ1) is 12.3. The van der Waals surface area contributed by atoms with Gasteiger partial charge in [-0.1, -0.05) is 57.6 Å². The zero-order valence-corrected chi connectivity index (χ0v) is 16.3. The normalized spacial score (nSPS) is 25.7. The molecule has 26 heavy (non-hydrogen) atoms. The summed E-state index contributed by atoms with van der Waals surface area (Å²) in [5, 5.41) is 29.3. The molecule has 0 bridgehead atoms. The average molecular weight is 369 g/mol. The van der Waals surface area contributed by atoms with Gasteiger partial charge in [0, 0.05) is 24.7 Å². The van der Waals surface area contributed by atoms with Crippen LogP contribution in [0.4, 0.5) is 0 Å². The third-order valence-electron chi connectivity index (χ3n) is 5.35. The highest BCUT2D eigenvalue weighted by atomic mass is 16.4. The molecular weight excluding hydrogens is 332 g/mol. The molecule has 0 heterocycles. The number of rotatable bonds is 13. The number of aliphatic hydroxyl groups is 2. The first kappa shape index (κ1) is 22.8. The Balaban J connectivity index is 2.49. The highest BCUT2D eigenvalue weighted by Crippen LogP contribution is 2.35. The van der Waals surface area contributed by atoms with Crippen LogP contribution in [0.1, 0.15) is 84.5 Å². The largest absolute Gasteiger partial charge is 0.481 e. The Morgan fingerprint density at radius 2 is 1.88 bits per heavy atom. The molecule has 3 N–H and O–H groups in total. The molecule has 1 aliphatic carbocycles. The molecule has 150 valence electrons. The number of ketones is 1. The molecule has 5 nitrogen and oxygen atoms in total. The monoisotopic (exact) mass is 368 g/mol. The number of unbranched alkanes of at least 4 members (excludes halogenated alkanes) is 5. The summed E-state index contributed by atoms with van der Waals surface area (Å²) < 4.78 is 0. The molecule has 4 atom stereocenters. The maximum atomic E-state index is 12.2. The van der Waals surface area contributed by atoms with Gasteiger partial charge in [-0.3, -0.25) is 9.59 Å². The lowest BCUT2D eigenvalue weighted by molar-refractivity contribution is -0.137. The predicted molar refractivity (Wildman–Crippen MR) is 102 cm³/mol. The molecule has 1 rings (SSSR count). The minimum absolute atomic E-state index is 0.100. The number of aliphatic hydroxyl groups excluding tert-OH is 1. The number of carboxylic acids is 1. The molecule has 0 aromatic rings. The highest BCUT2D eigenvalue weighted by Gasteiger charge is 2.39. The van der Waals surface area contributed by atoms with E-state index in [0.717, 1.165) is 44.9 Å². The Hall–Kier alpha value is -1.20. The van der Waals surface area contributed by atoms with Gasteiger partial charge in [0.15, 0.2) is 0 Å². The standard InChI is InChI=1S/C21H36O5/c1-3-4-9-13-21(2,26)14-12-17-16(18(22)15-19(17)23)10-7-5-6-8-11-20(24)25/h12,14,16-17,19,23,26H,3-11,13,15H2,1-2H3,(H,24,25)/b14-12+/t16-,17-,19?,21?/m1/s1. The van der Waals surface area contributed by atoms with Crippen LogP contribution in [0.15, 0.2) is 12.2 Å². The maximum Gasteiger partial charge on any atom is 0.303 e. The van der Waals surface area contributed by atoms with Crippen LogP contribution >= 0.6 is 0 Å². The minimum Gasteiger partial charge on any atom is -0.481 e. The van der Waals surface area contributed by atoms with E-state index in [0.29, 0.717) is 12.8 Å². The van der Waals surface area contributed by atoms with Crippen LogP contribution in [-0.4, -0.2) is 38.8 Å². The summed E-state index contributed by atoms with van der Waals surface area (Å²) in [7, 11) is 0. The van der Waals surface area contributed by atoms with Gasteiger partial charge in [0.05, 0.1) is 11.7 Å². The highest BCUT2D eigenvalue weighted by molar-refractivity contribution is 5.84. The van der Waals surface area contributed by atoms with Gasteiger partial charge in [0.25, 0.3) is 0 Å². The van der Waals surface area contributed by atoms with Gasteiger partial charge >= 0.3 is 5.97 Å². The summed E-state index contributed by atoms with van der Waals surface area (Å²) >= 11 is 0. The van der Waals surface area contributed by atoms with Crippen molar-refractivity contribution in [1.82, 2.24) is 0 Å². The zero-order valence-electron chi connectivity index (χ0n) is 16.3. The molecule has 0 aromatic carbocycles. The van der Waals surface area contributed by atoms with E-state index in [2.05, 4.69) is 6.92 Å². The van der Waals surface area contributed by atoms with Crippen molar-refractivity contribution in [1.29, 1.82) is 0 Å². The average Bonchev–Trinajstić information content (AvgIpc) is 2.82. The third-order valence-corrected chi connectivity index (χ3v) is 5.35. The van der Waals surface area contributed by atoms with Crippen LogP contribution in [0.3, 0.4) is 0 Å². The molecule has 0 aliphatic heterocycles. The van der Waals surface area contributed by atoms with Gasteiger partial charge in [0.2, 0.25) is 0 Å². The van der Waals surface area contributed by atoms with Crippen LogP contribution in [0, 0.1) is 11.8 Å². The minimum atomic E-state index is -0.901. The number of hydrogen-bond acceptors (Lipinski definition) is 4. The van der Waals surface area contributed by atoms with Crippen molar-refractivity contribution in [3.8, 4) is 0 Å². The summed E-state index contributed by atoms with van der Waals surface area (Å²) in [6.07, 6.45) is 11.1. The van der Waals surface area contributed by atoms with Crippen molar-refractivity contribution < 1.29 is 24.9 Å².